The molecule has 5 aromatic rings. The minimum atomic E-state index is -1.29. The van der Waals surface area contributed by atoms with Crippen LogP contribution in [-0.2, 0) is 4.79 Å². The minimum Gasteiger partial charge on any atom is -0.454 e. The second-order valence-corrected chi connectivity index (χ2v) is 6.58. The molecule has 0 radical (unpaired) electrons. The van der Waals surface area contributed by atoms with E-state index >= 15 is 0 Å². The highest BCUT2D eigenvalue weighted by molar-refractivity contribution is 5.94. The largest absolute Gasteiger partial charge is 0.454 e. The van der Waals surface area contributed by atoms with Crippen molar-refractivity contribution >= 4 is 28.3 Å². The molecule has 29 heavy (non-hydrogen) atoms. The summed E-state index contributed by atoms with van der Waals surface area (Å²) in [5, 5.41) is 18.3. The Kier molecular flexibility index (Phi) is 4.07. The first-order valence-corrected chi connectivity index (χ1v) is 9.07. The Hall–Kier alpha value is -3.97. The normalized spacial score (nSPS) is 12.3. The molecule has 1 atom stereocenters. The Morgan fingerprint density at radius 2 is 1.83 bits per heavy atom. The number of furan rings is 1. The van der Waals surface area contributed by atoms with Crippen molar-refractivity contribution in [2.75, 3.05) is 5.32 Å². The lowest BCUT2D eigenvalue weighted by molar-refractivity contribution is -0.124. The van der Waals surface area contributed by atoms with Gasteiger partial charge in [-0.2, -0.15) is 0 Å². The molecule has 3 aromatic heterocycles. The van der Waals surface area contributed by atoms with Gasteiger partial charge in [-0.05, 0) is 29.8 Å². The molecule has 0 spiro atoms. The number of imidazole rings is 1. The zero-order chi connectivity index (χ0) is 19.8. The molecule has 2 N–H and O–H groups in total. The van der Waals surface area contributed by atoms with Crippen LogP contribution < -0.4 is 5.32 Å². The summed E-state index contributed by atoms with van der Waals surface area (Å²) in [7, 11) is 0. The molecular weight excluding hydrogens is 368 g/mol. The van der Waals surface area contributed by atoms with Gasteiger partial charge in [0.25, 0.3) is 5.91 Å². The Labute approximate surface area is 165 Å². The molecule has 3 heterocycles. The van der Waals surface area contributed by atoms with Crippen LogP contribution in [0.25, 0.3) is 28.1 Å². The fourth-order valence-corrected chi connectivity index (χ4v) is 3.20. The van der Waals surface area contributed by atoms with Crippen LogP contribution >= 0.6 is 0 Å². The fourth-order valence-electron chi connectivity index (χ4n) is 3.20. The maximum Gasteiger partial charge on any atom is 0.259 e. The zero-order valence-electron chi connectivity index (χ0n) is 15.2. The summed E-state index contributed by atoms with van der Waals surface area (Å²) >= 11 is 0. The smallest absolute Gasteiger partial charge is 0.259 e. The second kappa shape index (κ2) is 6.88. The number of benzene rings is 2. The number of amides is 1. The van der Waals surface area contributed by atoms with E-state index in [1.54, 1.807) is 47.1 Å². The van der Waals surface area contributed by atoms with Crippen molar-refractivity contribution in [2.24, 2.45) is 0 Å². The number of nitrogens with zero attached hydrogens (tertiary/aromatic N) is 3. The van der Waals surface area contributed by atoms with Gasteiger partial charge in [-0.15, -0.1) is 5.10 Å². The number of carbonyl (C=O) groups excluding carboxylic acids is 1. The van der Waals surface area contributed by atoms with E-state index in [0.29, 0.717) is 28.5 Å². The Morgan fingerprint density at radius 3 is 2.66 bits per heavy atom. The van der Waals surface area contributed by atoms with Crippen LogP contribution in [0, 0.1) is 0 Å². The standard InChI is InChI=1S/C22H16N4O3/c27-21(14-6-2-1-3-7-14)22(28)24-19-10-11-20-23-13-16(26(20)25-19)18-12-15-8-4-5-9-17(15)29-18/h1-13,21,27H,(H,24,25,28). The summed E-state index contributed by atoms with van der Waals surface area (Å²) in [6.07, 6.45) is 0.385. The van der Waals surface area contributed by atoms with Gasteiger partial charge in [-0.3, -0.25) is 4.79 Å². The Morgan fingerprint density at radius 1 is 1.03 bits per heavy atom. The van der Waals surface area contributed by atoms with E-state index in [1.165, 1.54) is 0 Å². The van der Waals surface area contributed by atoms with Crippen molar-refractivity contribution in [2.45, 2.75) is 6.10 Å². The van der Waals surface area contributed by atoms with Gasteiger partial charge in [-0.1, -0.05) is 48.5 Å². The third-order valence-electron chi connectivity index (χ3n) is 4.66. The average molecular weight is 384 g/mol. The van der Waals surface area contributed by atoms with Crippen molar-refractivity contribution < 1.29 is 14.3 Å². The number of nitrogens with one attached hydrogen (secondary N) is 1. The fraction of sp³-hybridized carbons (Fsp3) is 0.0455. The first kappa shape index (κ1) is 17.2. The van der Waals surface area contributed by atoms with Crippen LogP contribution in [0.2, 0.25) is 0 Å². The number of aliphatic hydroxyl groups excluding tert-OH is 1. The molecule has 7 nitrogen and oxygen atoms in total. The van der Waals surface area contributed by atoms with Crippen molar-refractivity contribution in [3.63, 3.8) is 0 Å². The highest BCUT2D eigenvalue weighted by atomic mass is 16.3. The van der Waals surface area contributed by atoms with Crippen molar-refractivity contribution in [1.82, 2.24) is 14.6 Å². The van der Waals surface area contributed by atoms with Gasteiger partial charge in [0.2, 0.25) is 0 Å². The maximum absolute atomic E-state index is 12.4. The molecule has 0 saturated heterocycles. The molecule has 0 aliphatic carbocycles. The summed E-state index contributed by atoms with van der Waals surface area (Å²) in [5.41, 5.74) is 2.56. The van der Waals surface area contributed by atoms with Gasteiger partial charge in [0.15, 0.2) is 23.3 Å². The van der Waals surface area contributed by atoms with Gasteiger partial charge in [0.05, 0.1) is 6.20 Å². The van der Waals surface area contributed by atoms with Crippen molar-refractivity contribution in [3.8, 4) is 11.5 Å². The highest BCUT2D eigenvalue weighted by Crippen LogP contribution is 2.28. The SMILES string of the molecule is O=C(Nc1ccc2ncc(-c3cc4ccccc4o3)n2n1)C(O)c1ccccc1. The molecule has 5 rings (SSSR count). The second-order valence-electron chi connectivity index (χ2n) is 6.58. The summed E-state index contributed by atoms with van der Waals surface area (Å²) in [4.78, 5) is 16.8. The maximum atomic E-state index is 12.4. The Bertz CT molecular complexity index is 1290. The van der Waals surface area contributed by atoms with Crippen LogP contribution in [-0.4, -0.2) is 25.6 Å². The number of para-hydroxylation sites is 1. The zero-order valence-corrected chi connectivity index (χ0v) is 15.2. The number of hydrogen-bond donors (Lipinski definition) is 2. The Balaban J connectivity index is 1.47. The molecule has 0 aliphatic rings. The number of aliphatic hydroxyl groups is 1. The van der Waals surface area contributed by atoms with Crippen LogP contribution in [0.5, 0.6) is 0 Å². The number of carbonyl (C=O) groups is 1. The molecule has 0 bridgehead atoms. The summed E-state index contributed by atoms with van der Waals surface area (Å²) in [5.74, 6) is 0.361. The summed E-state index contributed by atoms with van der Waals surface area (Å²) in [6.45, 7) is 0. The third kappa shape index (κ3) is 3.13. The number of hydrogen-bond acceptors (Lipinski definition) is 5. The lowest BCUT2D eigenvalue weighted by Crippen LogP contribution is -2.21. The lowest BCUT2D eigenvalue weighted by Gasteiger charge is -2.11. The number of aromatic nitrogens is 3. The first-order valence-electron chi connectivity index (χ1n) is 9.07. The van der Waals surface area contributed by atoms with Gasteiger partial charge in [0, 0.05) is 5.39 Å². The third-order valence-corrected chi connectivity index (χ3v) is 4.66. The summed E-state index contributed by atoms with van der Waals surface area (Å²) in [6, 6.07) is 21.8. The molecule has 0 aliphatic heterocycles. The molecule has 7 heteroatoms. The predicted octanol–water partition coefficient (Wildman–Crippen LogP) is 3.81. The average Bonchev–Trinajstić information content (AvgIpc) is 3.37. The van der Waals surface area contributed by atoms with E-state index in [2.05, 4.69) is 15.4 Å². The molecule has 0 saturated carbocycles. The first-order chi connectivity index (χ1) is 14.2. The van der Waals surface area contributed by atoms with E-state index < -0.39 is 12.0 Å². The lowest BCUT2D eigenvalue weighted by atomic mass is 10.1. The molecular formula is C22H16N4O3. The van der Waals surface area contributed by atoms with E-state index in [-0.39, 0.29) is 0 Å². The summed E-state index contributed by atoms with van der Waals surface area (Å²) < 4.78 is 7.51. The van der Waals surface area contributed by atoms with Gasteiger partial charge in [0.1, 0.15) is 11.3 Å². The van der Waals surface area contributed by atoms with E-state index in [9.17, 15) is 9.90 Å². The van der Waals surface area contributed by atoms with Crippen LogP contribution in [0.1, 0.15) is 11.7 Å². The van der Waals surface area contributed by atoms with E-state index in [4.69, 9.17) is 4.42 Å². The highest BCUT2D eigenvalue weighted by Gasteiger charge is 2.18. The molecule has 2 aromatic carbocycles. The number of fused-ring (bicyclic) bond motifs is 2. The van der Waals surface area contributed by atoms with E-state index in [0.717, 1.165) is 11.0 Å². The number of rotatable bonds is 4. The molecule has 142 valence electrons. The predicted molar refractivity (Wildman–Crippen MR) is 108 cm³/mol. The monoisotopic (exact) mass is 384 g/mol. The quantitative estimate of drug-likeness (QED) is 0.491. The molecule has 1 unspecified atom stereocenters. The van der Waals surface area contributed by atoms with Crippen molar-refractivity contribution in [1.29, 1.82) is 0 Å². The topological polar surface area (TPSA) is 92.7 Å². The van der Waals surface area contributed by atoms with Crippen LogP contribution in [0.3, 0.4) is 0 Å². The molecule has 1 amide bonds. The van der Waals surface area contributed by atoms with E-state index in [1.807, 2.05) is 36.4 Å². The van der Waals surface area contributed by atoms with Gasteiger partial charge in [-0.25, -0.2) is 9.50 Å². The minimum absolute atomic E-state index is 0.299. The number of anilines is 1. The van der Waals surface area contributed by atoms with Crippen LogP contribution in [0.4, 0.5) is 5.82 Å². The van der Waals surface area contributed by atoms with Gasteiger partial charge < -0.3 is 14.8 Å². The van der Waals surface area contributed by atoms with Gasteiger partial charge >= 0.3 is 0 Å². The van der Waals surface area contributed by atoms with Crippen molar-refractivity contribution in [3.05, 3.63) is 84.6 Å². The molecule has 0 fully saturated rings. The van der Waals surface area contributed by atoms with Crippen LogP contribution in [0.15, 0.2) is 83.4 Å².